The second-order valence-electron chi connectivity index (χ2n) is 5.79. The molecular formula is C16H11F6N3O. The first kappa shape index (κ1) is 18.2. The number of hydrogen-bond donors (Lipinski definition) is 1. The first-order valence-corrected chi connectivity index (χ1v) is 7.22. The van der Waals surface area contributed by atoms with E-state index >= 15 is 0 Å². The highest BCUT2D eigenvalue weighted by atomic mass is 19.4. The summed E-state index contributed by atoms with van der Waals surface area (Å²) in [5.41, 5.74) is -4.60. The summed E-state index contributed by atoms with van der Waals surface area (Å²) in [7, 11) is 0. The number of pyridine rings is 1. The number of rotatable bonds is 2. The van der Waals surface area contributed by atoms with Crippen molar-refractivity contribution >= 4 is 10.9 Å². The van der Waals surface area contributed by atoms with Gasteiger partial charge >= 0.3 is 12.4 Å². The average molecular weight is 375 g/mol. The monoisotopic (exact) mass is 375 g/mol. The zero-order valence-corrected chi connectivity index (χ0v) is 13.1. The van der Waals surface area contributed by atoms with Crippen molar-refractivity contribution in [1.82, 2.24) is 14.8 Å². The predicted molar refractivity (Wildman–Crippen MR) is 79.5 cm³/mol. The second-order valence-corrected chi connectivity index (χ2v) is 5.79. The van der Waals surface area contributed by atoms with Crippen LogP contribution in [0.4, 0.5) is 26.3 Å². The van der Waals surface area contributed by atoms with E-state index in [4.69, 9.17) is 0 Å². The highest BCUT2D eigenvalue weighted by Crippen LogP contribution is 2.39. The van der Waals surface area contributed by atoms with Gasteiger partial charge in [-0.2, -0.15) is 31.4 Å². The number of aromatic nitrogens is 3. The molecule has 1 aromatic carbocycles. The van der Waals surface area contributed by atoms with E-state index in [-0.39, 0.29) is 16.6 Å². The standard InChI is InChI=1S/C16H11F6N3O/c1-14(26,16(20,21)22)9-5-10(7-23-6-9)25-13-4-2-3-12(15(17,18)19)11(13)8-24-25/h2-8,26H,1H3/t14-/m0/s1. The Balaban J connectivity index is 2.16. The van der Waals surface area contributed by atoms with Crippen LogP contribution in [-0.2, 0) is 11.8 Å². The number of benzene rings is 1. The lowest BCUT2D eigenvalue weighted by molar-refractivity contribution is -0.259. The van der Waals surface area contributed by atoms with Gasteiger partial charge in [0.1, 0.15) is 0 Å². The molecule has 0 unspecified atom stereocenters. The predicted octanol–water partition coefficient (Wildman–Crippen LogP) is 4.21. The molecule has 0 radical (unpaired) electrons. The van der Waals surface area contributed by atoms with Gasteiger partial charge in [-0.05, 0) is 25.1 Å². The molecule has 3 aromatic rings. The molecule has 2 aromatic heterocycles. The minimum atomic E-state index is -4.96. The fourth-order valence-corrected chi connectivity index (χ4v) is 2.48. The summed E-state index contributed by atoms with van der Waals surface area (Å²) in [5, 5.41) is 13.4. The minimum absolute atomic E-state index is 0.0126. The number of fused-ring (bicyclic) bond motifs is 1. The maximum Gasteiger partial charge on any atom is 0.421 e. The Kier molecular flexibility index (Phi) is 3.98. The van der Waals surface area contributed by atoms with Crippen LogP contribution in [0.25, 0.3) is 16.6 Å². The quantitative estimate of drug-likeness (QED) is 0.683. The van der Waals surface area contributed by atoms with Crippen LogP contribution in [0, 0.1) is 0 Å². The third kappa shape index (κ3) is 2.90. The first-order chi connectivity index (χ1) is 11.9. The molecular weight excluding hydrogens is 364 g/mol. The molecule has 0 saturated carbocycles. The Morgan fingerprint density at radius 3 is 2.31 bits per heavy atom. The van der Waals surface area contributed by atoms with Gasteiger partial charge in [-0.25, -0.2) is 4.68 Å². The molecule has 0 fully saturated rings. The number of halogens is 6. The van der Waals surface area contributed by atoms with E-state index < -0.39 is 29.1 Å². The zero-order valence-electron chi connectivity index (χ0n) is 13.1. The Labute approximate surface area is 142 Å². The van der Waals surface area contributed by atoms with Gasteiger partial charge in [0, 0.05) is 17.1 Å². The highest BCUT2D eigenvalue weighted by Gasteiger charge is 2.51. The largest absolute Gasteiger partial charge is 0.421 e. The molecule has 4 nitrogen and oxygen atoms in total. The normalized spacial score (nSPS) is 15.2. The summed E-state index contributed by atoms with van der Waals surface area (Å²) in [6, 6.07) is 4.39. The zero-order chi connectivity index (χ0) is 19.3. The van der Waals surface area contributed by atoms with Gasteiger partial charge in [0.15, 0.2) is 5.60 Å². The lowest BCUT2D eigenvalue weighted by Gasteiger charge is -2.26. The third-order valence-corrected chi connectivity index (χ3v) is 4.00. The highest BCUT2D eigenvalue weighted by molar-refractivity contribution is 5.84. The maximum absolute atomic E-state index is 13.1. The van der Waals surface area contributed by atoms with Crippen molar-refractivity contribution in [3.8, 4) is 5.69 Å². The summed E-state index contributed by atoms with van der Waals surface area (Å²) >= 11 is 0. The Bertz CT molecular complexity index is 959. The van der Waals surface area contributed by atoms with E-state index in [0.717, 1.165) is 35.4 Å². The Hall–Kier alpha value is -2.62. The molecule has 0 aliphatic heterocycles. The number of nitrogens with zero attached hydrogens (tertiary/aromatic N) is 3. The van der Waals surface area contributed by atoms with Gasteiger partial charge in [-0.3, -0.25) is 4.98 Å². The number of hydrogen-bond acceptors (Lipinski definition) is 3. The lowest BCUT2D eigenvalue weighted by Crippen LogP contribution is -2.39. The molecule has 3 rings (SSSR count). The minimum Gasteiger partial charge on any atom is -0.376 e. The van der Waals surface area contributed by atoms with Gasteiger partial charge in [0.2, 0.25) is 0 Å². The topological polar surface area (TPSA) is 50.9 Å². The van der Waals surface area contributed by atoms with Crippen LogP contribution in [0.3, 0.4) is 0 Å². The molecule has 0 bridgehead atoms. The van der Waals surface area contributed by atoms with Crippen molar-refractivity contribution in [3.05, 3.63) is 54.0 Å². The first-order valence-electron chi connectivity index (χ1n) is 7.22. The molecule has 10 heteroatoms. The van der Waals surface area contributed by atoms with Gasteiger partial charge in [0.05, 0.1) is 29.2 Å². The number of alkyl halides is 6. The SMILES string of the molecule is C[C@](O)(c1cncc(-n2ncc3c(C(F)(F)F)cccc32)c1)C(F)(F)F. The third-order valence-electron chi connectivity index (χ3n) is 4.00. The Morgan fingerprint density at radius 1 is 1.00 bits per heavy atom. The average Bonchev–Trinajstić information content (AvgIpc) is 2.96. The molecule has 1 N–H and O–H groups in total. The molecule has 0 aliphatic carbocycles. The number of aliphatic hydroxyl groups is 1. The van der Waals surface area contributed by atoms with Crippen LogP contribution >= 0.6 is 0 Å². The molecule has 0 aliphatic rings. The van der Waals surface area contributed by atoms with Crippen LogP contribution in [0.2, 0.25) is 0 Å². The summed E-state index contributed by atoms with van der Waals surface area (Å²) in [5.74, 6) is 0. The van der Waals surface area contributed by atoms with E-state index in [9.17, 15) is 31.4 Å². The molecule has 0 amide bonds. The van der Waals surface area contributed by atoms with Gasteiger partial charge in [-0.15, -0.1) is 0 Å². The Morgan fingerprint density at radius 2 is 1.69 bits per heavy atom. The molecule has 0 spiro atoms. The van der Waals surface area contributed by atoms with Crippen LogP contribution in [0.5, 0.6) is 0 Å². The van der Waals surface area contributed by atoms with Crippen molar-refractivity contribution in [2.24, 2.45) is 0 Å². The van der Waals surface area contributed by atoms with Crippen LogP contribution in [0.15, 0.2) is 42.9 Å². The van der Waals surface area contributed by atoms with Crippen LogP contribution in [-0.4, -0.2) is 26.0 Å². The van der Waals surface area contributed by atoms with Crippen molar-refractivity contribution in [2.75, 3.05) is 0 Å². The fraction of sp³-hybridized carbons (Fsp3) is 0.250. The lowest BCUT2D eigenvalue weighted by atomic mass is 9.97. The van der Waals surface area contributed by atoms with E-state index in [1.54, 1.807) is 0 Å². The van der Waals surface area contributed by atoms with E-state index in [2.05, 4.69) is 10.1 Å². The molecule has 2 heterocycles. The van der Waals surface area contributed by atoms with Crippen molar-refractivity contribution < 1.29 is 31.4 Å². The van der Waals surface area contributed by atoms with Crippen molar-refractivity contribution in [3.63, 3.8) is 0 Å². The smallest absolute Gasteiger partial charge is 0.376 e. The molecule has 0 saturated heterocycles. The molecule has 26 heavy (non-hydrogen) atoms. The summed E-state index contributed by atoms with van der Waals surface area (Å²) in [6.07, 6.45) is -6.60. The van der Waals surface area contributed by atoms with E-state index in [1.807, 2.05) is 0 Å². The van der Waals surface area contributed by atoms with Crippen molar-refractivity contribution in [2.45, 2.75) is 24.9 Å². The second kappa shape index (κ2) is 5.70. The van der Waals surface area contributed by atoms with Crippen molar-refractivity contribution in [1.29, 1.82) is 0 Å². The van der Waals surface area contributed by atoms with Gasteiger partial charge < -0.3 is 5.11 Å². The maximum atomic E-state index is 13.1. The molecule has 138 valence electrons. The van der Waals surface area contributed by atoms with Gasteiger partial charge in [-0.1, -0.05) is 6.07 Å². The summed E-state index contributed by atoms with van der Waals surface area (Å²) < 4.78 is 79.3. The van der Waals surface area contributed by atoms with E-state index in [0.29, 0.717) is 6.92 Å². The van der Waals surface area contributed by atoms with Crippen LogP contribution in [0.1, 0.15) is 18.1 Å². The van der Waals surface area contributed by atoms with Gasteiger partial charge in [0.25, 0.3) is 0 Å². The van der Waals surface area contributed by atoms with Crippen LogP contribution < -0.4 is 0 Å². The van der Waals surface area contributed by atoms with E-state index in [1.165, 1.54) is 12.1 Å². The molecule has 1 atom stereocenters. The summed E-state index contributed by atoms with van der Waals surface area (Å²) in [6.45, 7) is 0.566. The fourth-order valence-electron chi connectivity index (χ4n) is 2.48. The summed E-state index contributed by atoms with van der Waals surface area (Å²) in [4.78, 5) is 3.66.